The molecule has 0 saturated carbocycles. The number of nitrogens with two attached hydrogens (primary N) is 1. The highest BCUT2D eigenvalue weighted by Crippen LogP contribution is 2.18. The number of pyridine rings is 1. The molecule has 82 valence electrons. The molecule has 1 aromatic heterocycles. The Morgan fingerprint density at radius 1 is 1.60 bits per heavy atom. The third-order valence-electron chi connectivity index (χ3n) is 1.83. The van der Waals surface area contributed by atoms with E-state index < -0.39 is 4.92 Å². The van der Waals surface area contributed by atoms with Crippen LogP contribution in [0, 0.1) is 17.0 Å². The average Bonchev–Trinajstić information content (AvgIpc) is 2.17. The van der Waals surface area contributed by atoms with Gasteiger partial charge in [0.1, 0.15) is 5.69 Å². The molecule has 0 amide bonds. The Morgan fingerprint density at radius 3 is 2.87 bits per heavy atom. The van der Waals surface area contributed by atoms with E-state index >= 15 is 0 Å². The van der Waals surface area contributed by atoms with Gasteiger partial charge in [-0.25, -0.2) is 4.98 Å². The van der Waals surface area contributed by atoms with Crippen LogP contribution >= 0.6 is 0 Å². The Morgan fingerprint density at radius 2 is 2.33 bits per heavy atom. The molecule has 0 atom stereocenters. The maximum atomic E-state index is 10.5. The van der Waals surface area contributed by atoms with Crippen molar-refractivity contribution in [2.75, 3.05) is 13.2 Å². The molecule has 0 bridgehead atoms. The number of hydrogen-bond acceptors (Lipinski definition) is 5. The summed E-state index contributed by atoms with van der Waals surface area (Å²) in [5, 5.41) is 10.5. The van der Waals surface area contributed by atoms with Gasteiger partial charge in [0.15, 0.2) is 0 Å². The van der Waals surface area contributed by atoms with Gasteiger partial charge in [0, 0.05) is 12.1 Å². The number of nitrogens with zero attached hydrogens (tertiary/aromatic N) is 2. The van der Waals surface area contributed by atoms with Crippen molar-refractivity contribution in [1.82, 2.24) is 4.98 Å². The lowest BCUT2D eigenvalue weighted by Crippen LogP contribution is -2.07. The maximum absolute atomic E-state index is 10.5. The van der Waals surface area contributed by atoms with Gasteiger partial charge in [0.25, 0.3) is 5.69 Å². The number of aromatic nitrogens is 1. The maximum Gasteiger partial charge on any atom is 0.290 e. The zero-order valence-electron chi connectivity index (χ0n) is 8.47. The van der Waals surface area contributed by atoms with Crippen LogP contribution in [0.3, 0.4) is 0 Å². The molecule has 6 nitrogen and oxygen atoms in total. The van der Waals surface area contributed by atoms with Crippen molar-refractivity contribution >= 4 is 5.69 Å². The highest BCUT2D eigenvalue weighted by Gasteiger charge is 2.11. The number of ether oxygens (including phenoxy) is 1. The lowest BCUT2D eigenvalue weighted by Gasteiger charge is -2.04. The van der Waals surface area contributed by atoms with Crippen LogP contribution in [0.15, 0.2) is 12.1 Å². The summed E-state index contributed by atoms with van der Waals surface area (Å²) in [6.07, 6.45) is 0.734. The summed E-state index contributed by atoms with van der Waals surface area (Å²) in [5.74, 6) is 0.395. The minimum absolute atomic E-state index is 0.00109. The van der Waals surface area contributed by atoms with Crippen LogP contribution in [0.5, 0.6) is 5.88 Å². The normalized spacial score (nSPS) is 10.0. The Hall–Kier alpha value is -1.69. The molecular formula is C9H13N3O3. The van der Waals surface area contributed by atoms with E-state index in [1.165, 1.54) is 12.1 Å². The van der Waals surface area contributed by atoms with E-state index in [9.17, 15) is 10.1 Å². The summed E-state index contributed by atoms with van der Waals surface area (Å²) in [5.41, 5.74) is 5.65. The van der Waals surface area contributed by atoms with E-state index in [0.29, 0.717) is 24.7 Å². The van der Waals surface area contributed by atoms with Gasteiger partial charge in [0.05, 0.1) is 11.5 Å². The molecule has 1 aromatic rings. The molecule has 0 aliphatic rings. The third kappa shape index (κ3) is 3.17. The van der Waals surface area contributed by atoms with E-state index in [4.69, 9.17) is 10.5 Å². The van der Waals surface area contributed by atoms with Crippen LogP contribution in [-0.2, 0) is 0 Å². The Balaban J connectivity index is 2.69. The van der Waals surface area contributed by atoms with E-state index in [-0.39, 0.29) is 5.69 Å². The molecule has 0 radical (unpaired) electrons. The first-order valence-corrected chi connectivity index (χ1v) is 4.60. The molecule has 0 aliphatic heterocycles. The zero-order valence-corrected chi connectivity index (χ0v) is 8.47. The van der Waals surface area contributed by atoms with E-state index in [1.807, 2.05) is 0 Å². The van der Waals surface area contributed by atoms with Gasteiger partial charge in [-0.3, -0.25) is 10.1 Å². The summed E-state index contributed by atoms with van der Waals surface area (Å²) < 4.78 is 5.25. The summed E-state index contributed by atoms with van der Waals surface area (Å²) in [6.45, 7) is 2.60. The molecule has 0 spiro atoms. The smallest absolute Gasteiger partial charge is 0.290 e. The van der Waals surface area contributed by atoms with Gasteiger partial charge < -0.3 is 10.5 Å². The monoisotopic (exact) mass is 211 g/mol. The predicted molar refractivity (Wildman–Crippen MR) is 54.8 cm³/mol. The number of nitro groups is 1. The molecule has 0 unspecified atom stereocenters. The Bertz CT molecular complexity index is 354. The predicted octanol–water partition coefficient (Wildman–Crippen LogP) is 1.03. The van der Waals surface area contributed by atoms with Crippen molar-refractivity contribution in [2.45, 2.75) is 13.3 Å². The molecule has 1 heterocycles. The van der Waals surface area contributed by atoms with E-state index in [2.05, 4.69) is 4.98 Å². The first-order valence-electron chi connectivity index (χ1n) is 4.60. The SMILES string of the molecule is Cc1nc(OCCCN)ccc1[N+](=O)[O-]. The molecule has 2 N–H and O–H groups in total. The first-order chi connectivity index (χ1) is 7.15. The minimum atomic E-state index is -0.466. The summed E-state index contributed by atoms with van der Waals surface area (Å²) >= 11 is 0. The van der Waals surface area contributed by atoms with E-state index in [1.54, 1.807) is 6.92 Å². The van der Waals surface area contributed by atoms with Gasteiger partial charge in [-0.05, 0) is 19.9 Å². The van der Waals surface area contributed by atoms with Crippen molar-refractivity contribution in [3.05, 3.63) is 27.9 Å². The number of hydrogen-bond donors (Lipinski definition) is 1. The van der Waals surface area contributed by atoms with Crippen molar-refractivity contribution in [3.8, 4) is 5.88 Å². The van der Waals surface area contributed by atoms with Crippen LogP contribution in [0.25, 0.3) is 0 Å². The van der Waals surface area contributed by atoms with Crippen LogP contribution in [0.1, 0.15) is 12.1 Å². The Labute approximate surface area is 87.2 Å². The second kappa shape index (κ2) is 5.26. The van der Waals surface area contributed by atoms with Crippen LogP contribution in [0.4, 0.5) is 5.69 Å². The largest absolute Gasteiger partial charge is 0.478 e. The van der Waals surface area contributed by atoms with Gasteiger partial charge in [-0.15, -0.1) is 0 Å². The summed E-state index contributed by atoms with van der Waals surface area (Å²) in [7, 11) is 0. The minimum Gasteiger partial charge on any atom is -0.478 e. The lowest BCUT2D eigenvalue weighted by molar-refractivity contribution is -0.385. The molecule has 0 aliphatic carbocycles. The molecule has 0 saturated heterocycles. The molecule has 6 heteroatoms. The Kier molecular flexibility index (Phi) is 3.99. The molecule has 15 heavy (non-hydrogen) atoms. The quantitative estimate of drug-likeness (QED) is 0.446. The summed E-state index contributed by atoms with van der Waals surface area (Å²) in [6, 6.07) is 2.88. The van der Waals surface area contributed by atoms with Crippen LogP contribution in [0.2, 0.25) is 0 Å². The second-order valence-electron chi connectivity index (χ2n) is 3.00. The fraction of sp³-hybridized carbons (Fsp3) is 0.444. The van der Waals surface area contributed by atoms with Crippen molar-refractivity contribution < 1.29 is 9.66 Å². The fourth-order valence-electron chi connectivity index (χ4n) is 1.06. The summed E-state index contributed by atoms with van der Waals surface area (Å²) in [4.78, 5) is 14.0. The third-order valence-corrected chi connectivity index (χ3v) is 1.83. The standard InChI is InChI=1S/C9H13N3O3/c1-7-8(12(13)14)3-4-9(11-7)15-6-2-5-10/h3-4H,2,5-6,10H2,1H3. The zero-order chi connectivity index (χ0) is 11.3. The molecular weight excluding hydrogens is 198 g/mol. The van der Waals surface area contributed by atoms with Gasteiger partial charge in [-0.1, -0.05) is 0 Å². The fourth-order valence-corrected chi connectivity index (χ4v) is 1.06. The van der Waals surface area contributed by atoms with Crippen molar-refractivity contribution in [2.24, 2.45) is 5.73 Å². The highest BCUT2D eigenvalue weighted by molar-refractivity contribution is 5.36. The molecule has 0 fully saturated rings. The van der Waals surface area contributed by atoms with Crippen molar-refractivity contribution in [3.63, 3.8) is 0 Å². The number of rotatable bonds is 5. The molecule has 0 aromatic carbocycles. The lowest BCUT2D eigenvalue weighted by atomic mass is 10.3. The van der Waals surface area contributed by atoms with E-state index in [0.717, 1.165) is 6.42 Å². The molecule has 1 rings (SSSR count). The van der Waals surface area contributed by atoms with Gasteiger partial charge in [-0.2, -0.15) is 0 Å². The van der Waals surface area contributed by atoms with Crippen LogP contribution in [-0.4, -0.2) is 23.1 Å². The topological polar surface area (TPSA) is 91.3 Å². The van der Waals surface area contributed by atoms with Crippen molar-refractivity contribution in [1.29, 1.82) is 0 Å². The second-order valence-corrected chi connectivity index (χ2v) is 3.00. The first kappa shape index (κ1) is 11.4. The number of aryl methyl sites for hydroxylation is 1. The van der Waals surface area contributed by atoms with Crippen LogP contribution < -0.4 is 10.5 Å². The highest BCUT2D eigenvalue weighted by atomic mass is 16.6. The van der Waals surface area contributed by atoms with Gasteiger partial charge >= 0.3 is 0 Å². The van der Waals surface area contributed by atoms with Gasteiger partial charge in [0.2, 0.25) is 5.88 Å². The average molecular weight is 211 g/mol.